The van der Waals surface area contributed by atoms with Gasteiger partial charge in [0.05, 0.1) is 6.10 Å². The number of aliphatic carboxylic acids is 1. The van der Waals surface area contributed by atoms with Gasteiger partial charge in [-0.2, -0.15) is 0 Å². The van der Waals surface area contributed by atoms with Crippen LogP contribution in [0.2, 0.25) is 0 Å². The molecule has 0 spiro atoms. The van der Waals surface area contributed by atoms with Crippen molar-refractivity contribution >= 4 is 11.9 Å². The van der Waals surface area contributed by atoms with Gasteiger partial charge in [-0.15, -0.1) is 0 Å². The third-order valence-electron chi connectivity index (χ3n) is 13.9. The predicted octanol–water partition coefficient (Wildman–Crippen LogP) is 5.64. The van der Waals surface area contributed by atoms with Crippen molar-refractivity contribution in [2.45, 2.75) is 142 Å². The maximum atomic E-state index is 13.3. The van der Waals surface area contributed by atoms with Gasteiger partial charge in [0.25, 0.3) is 0 Å². The number of aliphatic hydroxyl groups excluding tert-OH is 1. The summed E-state index contributed by atoms with van der Waals surface area (Å²) in [6.45, 7) is 8.53. The highest BCUT2D eigenvalue weighted by Gasteiger charge is 2.70. The Balaban J connectivity index is 1.45. The Labute approximate surface area is 251 Å². The molecule has 0 aromatic carbocycles. The van der Waals surface area contributed by atoms with E-state index in [9.17, 15) is 19.8 Å². The van der Waals surface area contributed by atoms with Gasteiger partial charge in [0.1, 0.15) is 6.10 Å². The molecule has 0 aromatic heterocycles. The number of carbonyl (C=O) groups excluding carboxylic acids is 1. The molecule has 7 heteroatoms. The van der Waals surface area contributed by atoms with Gasteiger partial charge >= 0.3 is 11.9 Å². The van der Waals surface area contributed by atoms with E-state index in [1.54, 1.807) is 5.57 Å². The van der Waals surface area contributed by atoms with E-state index in [1.807, 2.05) is 0 Å². The van der Waals surface area contributed by atoms with Crippen molar-refractivity contribution in [1.82, 2.24) is 0 Å². The van der Waals surface area contributed by atoms with Crippen molar-refractivity contribution in [3.8, 4) is 0 Å². The maximum Gasteiger partial charge on any atom is 0.331 e. The van der Waals surface area contributed by atoms with Crippen molar-refractivity contribution < 1.29 is 24.5 Å². The predicted molar refractivity (Wildman–Crippen MR) is 162 cm³/mol. The molecule has 0 bridgehead atoms. The Morgan fingerprint density at radius 2 is 1.62 bits per heavy atom. The lowest BCUT2D eigenvalue weighted by molar-refractivity contribution is -0.196. The van der Waals surface area contributed by atoms with Crippen LogP contribution in [0.1, 0.15) is 118 Å². The second kappa shape index (κ2) is 10.7. The topological polar surface area (TPSA) is 136 Å². The first-order valence-corrected chi connectivity index (χ1v) is 16.8. The molecule has 6 aliphatic carbocycles. The molecule has 6 N–H and O–H groups in total. The molecule has 6 aliphatic rings. The summed E-state index contributed by atoms with van der Waals surface area (Å²) in [4.78, 5) is 25.8. The third-order valence-corrected chi connectivity index (χ3v) is 13.9. The number of ether oxygens (including phenoxy) is 1. The minimum absolute atomic E-state index is 0.0447. The lowest BCUT2D eigenvalue weighted by Gasteiger charge is -2.69. The fourth-order valence-electron chi connectivity index (χ4n) is 12.0. The van der Waals surface area contributed by atoms with Gasteiger partial charge in [0.15, 0.2) is 0 Å². The monoisotopic (exact) mass is 582 g/mol. The first-order valence-electron chi connectivity index (χ1n) is 16.8. The Bertz CT molecular complexity index is 1190. The molecule has 6 rings (SSSR count). The van der Waals surface area contributed by atoms with Gasteiger partial charge in [-0.1, -0.05) is 31.9 Å². The molecule has 6 saturated carbocycles. The van der Waals surface area contributed by atoms with Gasteiger partial charge in [-0.25, -0.2) is 4.79 Å². The molecular formula is C35H54N2O5. The molecule has 42 heavy (non-hydrogen) atoms. The number of carboxylic acid groups (broad SMARTS) is 1. The number of carbonyl (C=O) groups is 2. The molecule has 0 radical (unpaired) electrons. The van der Waals surface area contributed by atoms with Crippen LogP contribution in [0.15, 0.2) is 22.3 Å². The second-order valence-electron chi connectivity index (χ2n) is 15.8. The van der Waals surface area contributed by atoms with Crippen molar-refractivity contribution in [3.63, 3.8) is 0 Å². The Kier molecular flexibility index (Phi) is 7.75. The van der Waals surface area contributed by atoms with Gasteiger partial charge in [0, 0.05) is 24.6 Å². The van der Waals surface area contributed by atoms with Crippen LogP contribution in [0.5, 0.6) is 0 Å². The van der Waals surface area contributed by atoms with Crippen molar-refractivity contribution in [3.05, 3.63) is 22.3 Å². The molecule has 6 fully saturated rings. The summed E-state index contributed by atoms with van der Waals surface area (Å²) < 4.78 is 6.09. The van der Waals surface area contributed by atoms with E-state index in [1.165, 1.54) is 25.3 Å². The maximum absolute atomic E-state index is 13.3. The molecular weight excluding hydrogens is 528 g/mol. The molecule has 11 atom stereocenters. The number of allylic oxidation sites excluding steroid dienone is 2. The van der Waals surface area contributed by atoms with E-state index in [0.29, 0.717) is 24.8 Å². The van der Waals surface area contributed by atoms with E-state index < -0.39 is 18.2 Å². The first-order chi connectivity index (χ1) is 19.8. The standard InChI is InChI=1S/C35H54N2O5/c1-19(38)42-27-18-35(4)24(29(27)28(32(40)41)22-11-7-10-21(16-22)20-8-5-6-9-20)17-25(36)31-33(2)14-13-26(39)30(37)23(33)12-15-34(31,35)3/h22-27,30-31,39H,5-18,36-37H2,1-4H3,(H,40,41)/b29-28-/t22?,23-,24-,25-,26+,27-,30-,31-,33-,34-,35-/m0/s1. The lowest BCUT2D eigenvalue weighted by atomic mass is 9.36. The molecule has 1 unspecified atom stereocenters. The molecule has 0 amide bonds. The summed E-state index contributed by atoms with van der Waals surface area (Å²) >= 11 is 0. The van der Waals surface area contributed by atoms with Crippen LogP contribution in [0, 0.1) is 39.9 Å². The quantitative estimate of drug-likeness (QED) is 0.192. The summed E-state index contributed by atoms with van der Waals surface area (Å²) in [5.74, 6) is -0.888. The Morgan fingerprint density at radius 1 is 0.929 bits per heavy atom. The van der Waals surface area contributed by atoms with Crippen LogP contribution in [0.25, 0.3) is 0 Å². The Morgan fingerprint density at radius 3 is 2.29 bits per heavy atom. The minimum atomic E-state index is -0.849. The van der Waals surface area contributed by atoms with Crippen LogP contribution in [-0.4, -0.2) is 46.4 Å². The highest BCUT2D eigenvalue weighted by Crippen LogP contribution is 2.74. The fourth-order valence-corrected chi connectivity index (χ4v) is 12.0. The number of esters is 1. The number of carboxylic acids is 1. The normalized spacial score (nSPS) is 48.3. The lowest BCUT2D eigenvalue weighted by Crippen LogP contribution is -2.69. The van der Waals surface area contributed by atoms with Crippen LogP contribution < -0.4 is 11.5 Å². The summed E-state index contributed by atoms with van der Waals surface area (Å²) in [5, 5.41) is 21.6. The molecule has 0 heterocycles. The summed E-state index contributed by atoms with van der Waals surface area (Å²) in [6.07, 6.45) is 12.4. The molecule has 0 aliphatic heterocycles. The van der Waals surface area contributed by atoms with Gasteiger partial charge < -0.3 is 26.4 Å². The Hall–Kier alpha value is -1.70. The van der Waals surface area contributed by atoms with Crippen LogP contribution in [0.3, 0.4) is 0 Å². The average molecular weight is 583 g/mol. The average Bonchev–Trinajstić information content (AvgIpc) is 3.55. The van der Waals surface area contributed by atoms with E-state index >= 15 is 0 Å². The summed E-state index contributed by atoms with van der Waals surface area (Å²) in [6, 6.07) is -0.362. The zero-order chi connectivity index (χ0) is 30.2. The van der Waals surface area contributed by atoms with Gasteiger partial charge in [-0.3, -0.25) is 4.79 Å². The number of nitrogens with two attached hydrogens (primary N) is 2. The first kappa shape index (κ1) is 30.3. The van der Waals surface area contributed by atoms with Crippen LogP contribution >= 0.6 is 0 Å². The fraction of sp³-hybridized carbons (Fsp3) is 0.829. The van der Waals surface area contributed by atoms with Crippen molar-refractivity contribution in [2.75, 3.05) is 0 Å². The molecule has 7 nitrogen and oxygen atoms in total. The van der Waals surface area contributed by atoms with E-state index in [2.05, 4.69) is 20.8 Å². The number of hydrogen-bond acceptors (Lipinski definition) is 6. The number of aliphatic hydroxyl groups is 1. The van der Waals surface area contributed by atoms with Crippen molar-refractivity contribution in [1.29, 1.82) is 0 Å². The molecule has 0 aromatic rings. The second-order valence-corrected chi connectivity index (χ2v) is 15.8. The number of fused-ring (bicyclic) bond motifs is 5. The third kappa shape index (κ3) is 4.46. The van der Waals surface area contributed by atoms with Crippen LogP contribution in [-0.2, 0) is 14.3 Å². The van der Waals surface area contributed by atoms with Crippen molar-refractivity contribution in [2.24, 2.45) is 51.4 Å². The van der Waals surface area contributed by atoms with E-state index in [4.69, 9.17) is 16.2 Å². The SMILES string of the molecule is CC(=O)O[C@H]1C[C@@]2(C)[C@@H](C[C@H](N)[C@H]3[C@@]4(C)CC[C@@H](O)[C@@H](N)[C@@H]4CC[C@@]32C)/C1=C(/C(=O)O)C1CCCC(=C2CCCC2)C1. The van der Waals surface area contributed by atoms with Gasteiger partial charge in [0.2, 0.25) is 0 Å². The molecule has 0 saturated heterocycles. The summed E-state index contributed by atoms with van der Waals surface area (Å²) in [7, 11) is 0. The largest absolute Gasteiger partial charge is 0.478 e. The zero-order valence-corrected chi connectivity index (χ0v) is 26.3. The number of hydrogen-bond donors (Lipinski definition) is 4. The summed E-state index contributed by atoms with van der Waals surface area (Å²) in [5.41, 5.74) is 17.8. The highest BCUT2D eigenvalue weighted by molar-refractivity contribution is 5.89. The minimum Gasteiger partial charge on any atom is -0.478 e. The number of rotatable bonds is 3. The zero-order valence-electron chi connectivity index (χ0n) is 26.3. The van der Waals surface area contributed by atoms with Gasteiger partial charge in [-0.05, 0) is 135 Å². The van der Waals surface area contributed by atoms with Crippen LogP contribution in [0.4, 0.5) is 0 Å². The highest BCUT2D eigenvalue weighted by atomic mass is 16.5. The smallest absolute Gasteiger partial charge is 0.331 e. The van der Waals surface area contributed by atoms with E-state index in [-0.39, 0.29) is 58.0 Å². The van der Waals surface area contributed by atoms with E-state index in [0.717, 1.165) is 63.4 Å². The molecule has 234 valence electrons.